The van der Waals surface area contributed by atoms with Crippen molar-refractivity contribution in [2.75, 3.05) is 16.8 Å². The summed E-state index contributed by atoms with van der Waals surface area (Å²) < 4.78 is 5.04. The summed E-state index contributed by atoms with van der Waals surface area (Å²) in [6.45, 7) is 1.64. The summed E-state index contributed by atoms with van der Waals surface area (Å²) in [6.07, 6.45) is 0. The molecule has 3 N–H and O–H groups in total. The molecule has 0 aliphatic heterocycles. The van der Waals surface area contributed by atoms with Crippen LogP contribution < -0.4 is 11.1 Å². The Balaban J connectivity index is 1.89. The number of aryl methyl sites for hydroxylation is 1. The van der Waals surface area contributed by atoms with Gasteiger partial charge in [0.1, 0.15) is 0 Å². The molecule has 100 valence electrons. The monoisotopic (exact) mass is 298 g/mol. The molecule has 2 aromatic rings. The van der Waals surface area contributed by atoms with Crippen molar-refractivity contribution in [3.8, 4) is 0 Å². The first kappa shape index (κ1) is 13.7. The SMILES string of the molecule is Cc1nnc(NC(=O)CSc2ccc(Cl)cc2N)o1. The molecule has 1 aromatic heterocycles. The number of nitrogens with two attached hydrogens (primary N) is 1. The fourth-order valence-corrected chi connectivity index (χ4v) is 2.23. The molecule has 0 unspecified atom stereocenters. The fraction of sp³-hybridized carbons (Fsp3) is 0.182. The average Bonchev–Trinajstić information content (AvgIpc) is 2.73. The summed E-state index contributed by atoms with van der Waals surface area (Å²) in [5.41, 5.74) is 6.33. The topological polar surface area (TPSA) is 94.0 Å². The second-order valence-electron chi connectivity index (χ2n) is 3.65. The smallest absolute Gasteiger partial charge is 0.322 e. The van der Waals surface area contributed by atoms with Crippen molar-refractivity contribution < 1.29 is 9.21 Å². The lowest BCUT2D eigenvalue weighted by atomic mass is 10.3. The lowest BCUT2D eigenvalue weighted by molar-refractivity contribution is -0.113. The van der Waals surface area contributed by atoms with E-state index < -0.39 is 0 Å². The number of aromatic nitrogens is 2. The molecule has 8 heteroatoms. The van der Waals surface area contributed by atoms with Crippen LogP contribution in [0.25, 0.3) is 0 Å². The van der Waals surface area contributed by atoms with Gasteiger partial charge in [-0.15, -0.1) is 16.9 Å². The van der Waals surface area contributed by atoms with Crippen molar-refractivity contribution in [1.29, 1.82) is 0 Å². The first-order valence-corrected chi connectivity index (χ1v) is 6.69. The third kappa shape index (κ3) is 3.87. The molecule has 0 aliphatic carbocycles. The Morgan fingerprint density at radius 1 is 1.53 bits per heavy atom. The van der Waals surface area contributed by atoms with Gasteiger partial charge >= 0.3 is 6.01 Å². The maximum Gasteiger partial charge on any atom is 0.322 e. The Morgan fingerprint density at radius 3 is 2.95 bits per heavy atom. The van der Waals surface area contributed by atoms with Gasteiger partial charge in [-0.25, -0.2) is 0 Å². The molecular weight excluding hydrogens is 288 g/mol. The molecule has 1 heterocycles. The van der Waals surface area contributed by atoms with E-state index in [1.165, 1.54) is 11.8 Å². The lowest BCUT2D eigenvalue weighted by Gasteiger charge is -2.05. The van der Waals surface area contributed by atoms with E-state index in [0.29, 0.717) is 16.6 Å². The van der Waals surface area contributed by atoms with Crippen LogP contribution in [0, 0.1) is 6.92 Å². The van der Waals surface area contributed by atoms with Crippen molar-refractivity contribution in [1.82, 2.24) is 10.2 Å². The highest BCUT2D eigenvalue weighted by Crippen LogP contribution is 2.27. The number of nitrogens with one attached hydrogen (secondary N) is 1. The molecule has 19 heavy (non-hydrogen) atoms. The van der Waals surface area contributed by atoms with Crippen molar-refractivity contribution in [2.45, 2.75) is 11.8 Å². The molecule has 0 radical (unpaired) electrons. The summed E-state index contributed by atoms with van der Waals surface area (Å²) in [4.78, 5) is 12.4. The van der Waals surface area contributed by atoms with Gasteiger partial charge in [-0.05, 0) is 18.2 Å². The number of hydrogen-bond acceptors (Lipinski definition) is 6. The maximum absolute atomic E-state index is 11.6. The van der Waals surface area contributed by atoms with Crippen LogP contribution in [0.15, 0.2) is 27.5 Å². The number of carbonyl (C=O) groups is 1. The Bertz CT molecular complexity index is 602. The molecule has 0 saturated carbocycles. The molecule has 0 spiro atoms. The van der Waals surface area contributed by atoms with E-state index in [0.717, 1.165) is 4.90 Å². The van der Waals surface area contributed by atoms with Gasteiger partial charge in [0.15, 0.2) is 0 Å². The van der Waals surface area contributed by atoms with Gasteiger partial charge in [-0.1, -0.05) is 16.7 Å². The number of rotatable bonds is 4. The number of nitrogens with zero attached hydrogens (tertiary/aromatic N) is 2. The van der Waals surface area contributed by atoms with E-state index in [1.54, 1.807) is 25.1 Å². The van der Waals surface area contributed by atoms with Gasteiger partial charge in [0.2, 0.25) is 11.8 Å². The quantitative estimate of drug-likeness (QED) is 0.664. The largest absolute Gasteiger partial charge is 0.408 e. The zero-order valence-electron chi connectivity index (χ0n) is 10.0. The predicted octanol–water partition coefficient (Wildman–Crippen LogP) is 2.34. The van der Waals surface area contributed by atoms with E-state index in [4.69, 9.17) is 21.8 Å². The zero-order chi connectivity index (χ0) is 13.8. The van der Waals surface area contributed by atoms with Crippen molar-refractivity contribution >= 4 is 41.0 Å². The van der Waals surface area contributed by atoms with Crippen LogP contribution in [0.3, 0.4) is 0 Å². The van der Waals surface area contributed by atoms with Crippen molar-refractivity contribution in [3.05, 3.63) is 29.1 Å². The van der Waals surface area contributed by atoms with E-state index in [1.807, 2.05) is 0 Å². The molecule has 0 atom stereocenters. The van der Waals surface area contributed by atoms with E-state index >= 15 is 0 Å². The number of amides is 1. The number of carbonyl (C=O) groups excluding carboxylic acids is 1. The van der Waals surface area contributed by atoms with Gasteiger partial charge in [0.25, 0.3) is 0 Å². The van der Waals surface area contributed by atoms with Crippen LogP contribution in [0.4, 0.5) is 11.7 Å². The molecule has 0 saturated heterocycles. The number of halogens is 1. The summed E-state index contributed by atoms with van der Waals surface area (Å²) >= 11 is 7.10. The first-order valence-electron chi connectivity index (χ1n) is 5.32. The van der Waals surface area contributed by atoms with Gasteiger partial charge in [0.05, 0.1) is 5.75 Å². The summed E-state index contributed by atoms with van der Waals surface area (Å²) in [5, 5.41) is 10.3. The molecule has 0 aliphatic rings. The lowest BCUT2D eigenvalue weighted by Crippen LogP contribution is -2.14. The predicted molar refractivity (Wildman–Crippen MR) is 74.3 cm³/mol. The molecular formula is C11H11ClN4O2S. The average molecular weight is 299 g/mol. The number of benzene rings is 1. The highest BCUT2D eigenvalue weighted by Gasteiger charge is 2.09. The number of hydrogen-bond donors (Lipinski definition) is 2. The van der Waals surface area contributed by atoms with Crippen molar-refractivity contribution in [3.63, 3.8) is 0 Å². The first-order chi connectivity index (χ1) is 9.04. The van der Waals surface area contributed by atoms with E-state index in [9.17, 15) is 4.79 Å². The van der Waals surface area contributed by atoms with Gasteiger partial charge in [-0.2, -0.15) is 0 Å². The highest BCUT2D eigenvalue weighted by atomic mass is 35.5. The Hall–Kier alpha value is -1.73. The Morgan fingerprint density at radius 2 is 2.32 bits per heavy atom. The fourth-order valence-electron chi connectivity index (χ4n) is 1.30. The number of anilines is 2. The third-order valence-corrected chi connectivity index (χ3v) is 3.43. The van der Waals surface area contributed by atoms with Gasteiger partial charge in [-0.3, -0.25) is 10.1 Å². The van der Waals surface area contributed by atoms with Crippen LogP contribution in [0.2, 0.25) is 5.02 Å². The van der Waals surface area contributed by atoms with Crippen molar-refractivity contribution in [2.24, 2.45) is 0 Å². The third-order valence-electron chi connectivity index (χ3n) is 2.10. The Kier molecular flexibility index (Phi) is 4.28. The summed E-state index contributed by atoms with van der Waals surface area (Å²) in [6, 6.07) is 5.22. The van der Waals surface area contributed by atoms with Crippen LogP contribution in [0.1, 0.15) is 5.89 Å². The van der Waals surface area contributed by atoms with Crippen LogP contribution >= 0.6 is 23.4 Å². The standard InChI is InChI=1S/C11H11ClN4O2S/c1-6-15-16-11(18-6)14-10(17)5-19-9-3-2-7(12)4-8(9)13/h2-4H,5,13H2,1H3,(H,14,16,17). The Labute approximate surface area is 118 Å². The van der Waals surface area contributed by atoms with E-state index in [-0.39, 0.29) is 17.7 Å². The molecule has 6 nitrogen and oxygen atoms in total. The minimum atomic E-state index is -0.247. The number of nitrogen functional groups attached to an aromatic ring is 1. The highest BCUT2D eigenvalue weighted by molar-refractivity contribution is 8.00. The maximum atomic E-state index is 11.6. The molecule has 2 rings (SSSR count). The van der Waals surface area contributed by atoms with Gasteiger partial charge in [0, 0.05) is 22.5 Å². The normalized spacial score (nSPS) is 10.4. The molecule has 0 fully saturated rings. The molecule has 0 bridgehead atoms. The molecule has 1 aromatic carbocycles. The van der Waals surface area contributed by atoms with Gasteiger partial charge < -0.3 is 10.2 Å². The summed E-state index contributed by atoms with van der Waals surface area (Å²) in [7, 11) is 0. The zero-order valence-corrected chi connectivity index (χ0v) is 11.6. The second-order valence-corrected chi connectivity index (χ2v) is 5.10. The molecule has 1 amide bonds. The summed E-state index contributed by atoms with van der Waals surface area (Å²) in [5.74, 6) is 0.334. The number of thioether (sulfide) groups is 1. The van der Waals surface area contributed by atoms with Crippen LogP contribution in [-0.4, -0.2) is 21.9 Å². The minimum absolute atomic E-state index is 0.0900. The second kappa shape index (κ2) is 5.94. The van der Waals surface area contributed by atoms with Crippen LogP contribution in [-0.2, 0) is 4.79 Å². The van der Waals surface area contributed by atoms with E-state index in [2.05, 4.69) is 15.5 Å². The minimum Gasteiger partial charge on any atom is -0.408 e. The van der Waals surface area contributed by atoms with Crippen LogP contribution in [0.5, 0.6) is 0 Å².